The summed E-state index contributed by atoms with van der Waals surface area (Å²) in [5, 5.41) is 17.7. The van der Waals surface area contributed by atoms with Crippen molar-refractivity contribution in [2.45, 2.75) is 25.2 Å². The molecule has 3 aromatic rings. The number of nitro benzene ring substituents is 1. The van der Waals surface area contributed by atoms with Crippen LogP contribution in [0.4, 0.5) is 15.8 Å². The Hall–Kier alpha value is -3.55. The molecule has 0 spiro atoms. The molecule has 1 saturated carbocycles. The fourth-order valence-corrected chi connectivity index (χ4v) is 3.11. The zero-order valence-electron chi connectivity index (χ0n) is 14.9. The average Bonchev–Trinajstić information content (AvgIpc) is 3.34. The van der Waals surface area contributed by atoms with Crippen LogP contribution in [0.15, 0.2) is 53.1 Å². The van der Waals surface area contributed by atoms with Crippen LogP contribution in [0.5, 0.6) is 0 Å². The highest BCUT2D eigenvalue weighted by Gasteiger charge is 2.54. The third-order valence-electron chi connectivity index (χ3n) is 5.00. The van der Waals surface area contributed by atoms with Gasteiger partial charge in [-0.15, -0.1) is 0 Å². The smallest absolute Gasteiger partial charge is 0.271 e. The predicted molar refractivity (Wildman–Crippen MR) is 99.3 cm³/mol. The number of amides is 1. The number of aryl methyl sites for hydroxylation is 1. The largest absolute Gasteiger partial charge is 0.356 e. The number of aromatic nitrogens is 1. The second kappa shape index (κ2) is 6.56. The lowest BCUT2D eigenvalue weighted by Gasteiger charge is -2.14. The molecule has 4 rings (SSSR count). The van der Waals surface area contributed by atoms with Gasteiger partial charge in [0.1, 0.15) is 5.82 Å². The van der Waals surface area contributed by atoms with E-state index in [1.165, 1.54) is 18.2 Å². The lowest BCUT2D eigenvalue weighted by Crippen LogP contribution is -2.28. The average molecular weight is 381 g/mol. The molecule has 1 N–H and O–H groups in total. The van der Waals surface area contributed by atoms with Crippen LogP contribution in [-0.2, 0) is 10.2 Å². The Morgan fingerprint density at radius 2 is 2.00 bits per heavy atom. The normalized spacial score (nSPS) is 14.5. The minimum absolute atomic E-state index is 0.103. The molecular weight excluding hydrogens is 365 g/mol. The summed E-state index contributed by atoms with van der Waals surface area (Å²) in [4.78, 5) is 23.4. The summed E-state index contributed by atoms with van der Waals surface area (Å²) in [6, 6.07) is 12.0. The number of halogens is 1. The van der Waals surface area contributed by atoms with Crippen molar-refractivity contribution < 1.29 is 18.6 Å². The number of anilines is 1. The van der Waals surface area contributed by atoms with E-state index in [4.69, 9.17) is 4.52 Å². The molecule has 1 amide bonds. The van der Waals surface area contributed by atoms with E-state index in [1.807, 2.05) is 0 Å². The fraction of sp³-hybridized carbons (Fsp3) is 0.200. The topological polar surface area (TPSA) is 98.3 Å². The second-order valence-corrected chi connectivity index (χ2v) is 6.85. The van der Waals surface area contributed by atoms with Gasteiger partial charge in [-0.3, -0.25) is 14.9 Å². The standard InChI is InChI=1S/C20H16FN3O4/c1-12-6-7-13(24(26)27)10-16(12)22-19(25)20(8-9-20)18-11-17(28-23-18)14-4-2-3-5-15(14)21/h2-7,10-11H,8-9H2,1H3,(H,22,25). The highest BCUT2D eigenvalue weighted by atomic mass is 19.1. The highest BCUT2D eigenvalue weighted by molar-refractivity contribution is 6.01. The van der Waals surface area contributed by atoms with Gasteiger partial charge in [0.05, 0.1) is 27.3 Å². The number of carbonyl (C=O) groups is 1. The van der Waals surface area contributed by atoms with E-state index < -0.39 is 16.2 Å². The number of benzene rings is 2. The zero-order chi connectivity index (χ0) is 19.9. The molecule has 142 valence electrons. The van der Waals surface area contributed by atoms with E-state index in [1.54, 1.807) is 37.3 Å². The molecule has 0 unspecified atom stereocenters. The summed E-state index contributed by atoms with van der Waals surface area (Å²) in [5.41, 5.74) is 0.807. The third kappa shape index (κ3) is 3.02. The van der Waals surface area contributed by atoms with Crippen molar-refractivity contribution in [1.29, 1.82) is 0 Å². The highest BCUT2D eigenvalue weighted by Crippen LogP contribution is 2.49. The molecule has 1 aliphatic rings. The fourth-order valence-electron chi connectivity index (χ4n) is 3.11. The number of carbonyl (C=O) groups excluding carboxylic acids is 1. The number of nitro groups is 1. The molecule has 7 nitrogen and oxygen atoms in total. The summed E-state index contributed by atoms with van der Waals surface area (Å²) >= 11 is 0. The first-order chi connectivity index (χ1) is 13.4. The lowest BCUT2D eigenvalue weighted by molar-refractivity contribution is -0.384. The van der Waals surface area contributed by atoms with Gasteiger partial charge in [0, 0.05) is 18.2 Å². The van der Waals surface area contributed by atoms with Gasteiger partial charge >= 0.3 is 0 Å². The van der Waals surface area contributed by atoms with Crippen molar-refractivity contribution in [2.75, 3.05) is 5.32 Å². The summed E-state index contributed by atoms with van der Waals surface area (Å²) in [6.45, 7) is 1.76. The number of nitrogens with one attached hydrogen (secondary N) is 1. The molecule has 1 heterocycles. The summed E-state index contributed by atoms with van der Waals surface area (Å²) in [5.74, 6) is -0.505. The van der Waals surface area contributed by atoms with Crippen molar-refractivity contribution in [3.05, 3.63) is 75.7 Å². The SMILES string of the molecule is Cc1ccc([N+](=O)[O-])cc1NC(=O)C1(c2cc(-c3ccccc3F)on2)CC1. The summed E-state index contributed by atoms with van der Waals surface area (Å²) in [6.07, 6.45) is 1.13. The van der Waals surface area contributed by atoms with Gasteiger partial charge in [0.25, 0.3) is 5.69 Å². The van der Waals surface area contributed by atoms with Crippen LogP contribution in [0, 0.1) is 22.9 Å². The van der Waals surface area contributed by atoms with Gasteiger partial charge in [-0.25, -0.2) is 4.39 Å². The van der Waals surface area contributed by atoms with Gasteiger partial charge in [0.15, 0.2) is 5.76 Å². The van der Waals surface area contributed by atoms with Gasteiger partial charge in [-0.1, -0.05) is 23.4 Å². The Balaban J connectivity index is 1.60. The molecule has 2 aromatic carbocycles. The molecule has 1 aliphatic carbocycles. The molecule has 8 heteroatoms. The van der Waals surface area contributed by atoms with Gasteiger partial charge in [-0.2, -0.15) is 0 Å². The van der Waals surface area contributed by atoms with E-state index in [9.17, 15) is 19.3 Å². The Kier molecular flexibility index (Phi) is 4.18. The molecule has 0 atom stereocenters. The van der Waals surface area contributed by atoms with Crippen molar-refractivity contribution in [3.8, 4) is 11.3 Å². The van der Waals surface area contributed by atoms with Crippen molar-refractivity contribution in [3.63, 3.8) is 0 Å². The molecule has 1 aromatic heterocycles. The Morgan fingerprint density at radius 1 is 1.25 bits per heavy atom. The van der Waals surface area contributed by atoms with Crippen LogP contribution < -0.4 is 5.32 Å². The van der Waals surface area contributed by atoms with Gasteiger partial charge < -0.3 is 9.84 Å². The van der Waals surface area contributed by atoms with Crippen LogP contribution in [0.3, 0.4) is 0 Å². The minimum Gasteiger partial charge on any atom is -0.356 e. The Bertz CT molecular complexity index is 1090. The maximum atomic E-state index is 14.0. The first-order valence-electron chi connectivity index (χ1n) is 8.69. The number of rotatable bonds is 5. The van der Waals surface area contributed by atoms with E-state index >= 15 is 0 Å². The molecular formula is C20H16FN3O4. The van der Waals surface area contributed by atoms with Crippen LogP contribution >= 0.6 is 0 Å². The molecule has 0 aliphatic heterocycles. The maximum absolute atomic E-state index is 14.0. The number of non-ortho nitro benzene ring substituents is 1. The summed E-state index contributed by atoms with van der Waals surface area (Å²) in [7, 11) is 0. The quantitative estimate of drug-likeness (QED) is 0.523. The van der Waals surface area contributed by atoms with E-state index in [-0.39, 0.29) is 22.9 Å². The number of hydrogen-bond acceptors (Lipinski definition) is 5. The monoisotopic (exact) mass is 381 g/mol. The van der Waals surface area contributed by atoms with Crippen LogP contribution in [0.25, 0.3) is 11.3 Å². The molecule has 0 saturated heterocycles. The minimum atomic E-state index is -0.871. The van der Waals surface area contributed by atoms with Crippen LogP contribution in [-0.4, -0.2) is 16.0 Å². The van der Waals surface area contributed by atoms with E-state index in [0.717, 1.165) is 0 Å². The number of hydrogen-bond donors (Lipinski definition) is 1. The molecule has 0 bridgehead atoms. The molecule has 1 fully saturated rings. The Morgan fingerprint density at radius 3 is 2.68 bits per heavy atom. The van der Waals surface area contributed by atoms with Crippen molar-refractivity contribution >= 4 is 17.3 Å². The van der Waals surface area contributed by atoms with Gasteiger partial charge in [0.2, 0.25) is 5.91 Å². The van der Waals surface area contributed by atoms with Crippen LogP contribution in [0.1, 0.15) is 24.1 Å². The predicted octanol–water partition coefficient (Wildman–Crippen LogP) is 4.37. The van der Waals surface area contributed by atoms with Gasteiger partial charge in [-0.05, 0) is 37.5 Å². The summed E-state index contributed by atoms with van der Waals surface area (Å²) < 4.78 is 19.2. The van der Waals surface area contributed by atoms with Crippen molar-refractivity contribution in [2.24, 2.45) is 0 Å². The van der Waals surface area contributed by atoms with Crippen molar-refractivity contribution in [1.82, 2.24) is 5.16 Å². The molecule has 0 radical (unpaired) electrons. The Labute approximate surface area is 159 Å². The van der Waals surface area contributed by atoms with E-state index in [2.05, 4.69) is 10.5 Å². The first-order valence-corrected chi connectivity index (χ1v) is 8.69. The third-order valence-corrected chi connectivity index (χ3v) is 5.00. The van der Waals surface area contributed by atoms with Crippen LogP contribution in [0.2, 0.25) is 0 Å². The lowest BCUT2D eigenvalue weighted by atomic mass is 9.99. The number of nitrogens with zero attached hydrogens (tertiary/aromatic N) is 2. The zero-order valence-corrected chi connectivity index (χ0v) is 14.9. The van der Waals surface area contributed by atoms with E-state index in [0.29, 0.717) is 29.8 Å². The maximum Gasteiger partial charge on any atom is 0.271 e. The molecule has 28 heavy (non-hydrogen) atoms. The first kappa shape index (κ1) is 17.8. The second-order valence-electron chi connectivity index (χ2n) is 6.85.